The van der Waals surface area contributed by atoms with E-state index in [2.05, 4.69) is 16.4 Å². The average Bonchev–Trinajstić information content (AvgIpc) is 2.89. The number of aliphatic hydroxyl groups is 3. The van der Waals surface area contributed by atoms with Crippen molar-refractivity contribution in [1.82, 2.24) is 4.98 Å². The molecule has 1 amide bonds. The summed E-state index contributed by atoms with van der Waals surface area (Å²) in [6.07, 6.45) is -4.03. The lowest BCUT2D eigenvalue weighted by Crippen LogP contribution is -2.51. The van der Waals surface area contributed by atoms with E-state index in [1.54, 1.807) is 62.6 Å². The number of nitrogens with zero attached hydrogens (tertiary/aromatic N) is 2. The molecule has 4 N–H and O–H groups in total. The second-order valence-electron chi connectivity index (χ2n) is 8.16. The number of rotatable bonds is 6. The van der Waals surface area contributed by atoms with Gasteiger partial charge in [0.15, 0.2) is 0 Å². The maximum absolute atomic E-state index is 13.4. The van der Waals surface area contributed by atoms with Gasteiger partial charge in [0.05, 0.1) is 30.5 Å². The largest absolute Gasteiger partial charge is 0.497 e. The molecule has 3 aromatic rings. The van der Waals surface area contributed by atoms with E-state index in [0.29, 0.717) is 28.3 Å². The quantitative estimate of drug-likeness (QED) is 0.396. The number of anilines is 1. The Morgan fingerprint density at radius 2 is 1.83 bits per heavy atom. The van der Waals surface area contributed by atoms with Gasteiger partial charge >= 0.3 is 0 Å². The number of aromatic nitrogens is 1. The monoisotopic (exact) mass is 507 g/mol. The summed E-state index contributed by atoms with van der Waals surface area (Å²) in [4.78, 5) is 18.0. The number of hydrogen-bond acceptors (Lipinski definition) is 9. The molecular weight excluding hydrogens is 482 g/mol. The number of methoxy groups -OCH3 is 1. The van der Waals surface area contributed by atoms with Gasteiger partial charge in [-0.05, 0) is 36.8 Å². The van der Waals surface area contributed by atoms with Crippen LogP contribution >= 0.6 is 11.8 Å². The van der Waals surface area contributed by atoms with Crippen molar-refractivity contribution in [3.63, 3.8) is 0 Å². The molecule has 4 rings (SSSR count). The molecule has 0 bridgehead atoms. The zero-order chi connectivity index (χ0) is 25.8. The fraction of sp³-hybridized carbons (Fsp3) is 0.269. The zero-order valence-electron chi connectivity index (χ0n) is 19.6. The molecule has 9 nitrogen and oxygen atoms in total. The van der Waals surface area contributed by atoms with Crippen LogP contribution in [0.15, 0.2) is 59.6 Å². The Labute approximate surface area is 212 Å². The highest BCUT2D eigenvalue weighted by atomic mass is 32.2. The molecule has 36 heavy (non-hydrogen) atoms. The first-order chi connectivity index (χ1) is 17.3. The number of nitrogens with one attached hydrogen (secondary N) is 1. The first kappa shape index (κ1) is 25.6. The fourth-order valence-corrected chi connectivity index (χ4v) is 5.02. The number of pyridine rings is 1. The highest BCUT2D eigenvalue weighted by molar-refractivity contribution is 7.99. The fourth-order valence-electron chi connectivity index (χ4n) is 3.90. The van der Waals surface area contributed by atoms with Gasteiger partial charge < -0.3 is 30.1 Å². The summed E-state index contributed by atoms with van der Waals surface area (Å²) in [5.41, 5.74) is 1.28. The van der Waals surface area contributed by atoms with Crippen molar-refractivity contribution < 1.29 is 29.6 Å². The van der Waals surface area contributed by atoms with E-state index in [1.165, 1.54) is 0 Å². The van der Waals surface area contributed by atoms with E-state index in [4.69, 9.17) is 9.47 Å². The number of carbonyl (C=O) groups excluding carboxylic acids is 1. The van der Waals surface area contributed by atoms with Crippen molar-refractivity contribution in [2.24, 2.45) is 0 Å². The zero-order valence-corrected chi connectivity index (χ0v) is 20.4. The van der Waals surface area contributed by atoms with Gasteiger partial charge in [0.2, 0.25) is 0 Å². The van der Waals surface area contributed by atoms with Crippen molar-refractivity contribution in [3.8, 4) is 22.9 Å². The minimum absolute atomic E-state index is 0.116. The van der Waals surface area contributed by atoms with Crippen LogP contribution < -0.4 is 10.1 Å². The predicted molar refractivity (Wildman–Crippen MR) is 134 cm³/mol. The molecule has 10 heteroatoms. The summed E-state index contributed by atoms with van der Waals surface area (Å²) >= 11 is 0.951. The van der Waals surface area contributed by atoms with Gasteiger partial charge in [0.1, 0.15) is 40.6 Å². The second kappa shape index (κ2) is 11.1. The van der Waals surface area contributed by atoms with Gasteiger partial charge in [-0.15, -0.1) is 0 Å². The molecule has 186 valence electrons. The lowest BCUT2D eigenvalue weighted by atomic mass is 9.94. The maximum atomic E-state index is 13.4. The molecule has 0 aliphatic carbocycles. The smallest absolute Gasteiger partial charge is 0.258 e. The van der Waals surface area contributed by atoms with Crippen molar-refractivity contribution in [2.75, 3.05) is 19.0 Å². The number of benzene rings is 2. The second-order valence-corrected chi connectivity index (χ2v) is 9.24. The number of para-hydroxylation sites is 1. The van der Waals surface area contributed by atoms with Crippen LogP contribution in [0.25, 0.3) is 11.1 Å². The SMILES string of the molecule is COc1ccc(-c2c(C#N)c(S[C@@H]3OC[C@H](O)[C@H](O)[C@H]3O)nc(C)c2C(=O)Nc2ccccc2)cc1. The number of carbonyl (C=O) groups is 1. The number of ether oxygens (including phenoxy) is 2. The minimum Gasteiger partial charge on any atom is -0.497 e. The average molecular weight is 508 g/mol. The summed E-state index contributed by atoms with van der Waals surface area (Å²) in [5.74, 6) is 0.178. The van der Waals surface area contributed by atoms with Gasteiger partial charge in [-0.25, -0.2) is 4.98 Å². The minimum atomic E-state index is -1.40. The van der Waals surface area contributed by atoms with E-state index >= 15 is 0 Å². The van der Waals surface area contributed by atoms with Crippen LogP contribution in [-0.2, 0) is 4.74 Å². The Hall–Kier alpha value is -3.46. The van der Waals surface area contributed by atoms with Crippen molar-refractivity contribution >= 4 is 23.4 Å². The summed E-state index contributed by atoms with van der Waals surface area (Å²) in [5, 5.41) is 43.5. The van der Waals surface area contributed by atoms with Crippen LogP contribution in [0, 0.1) is 18.3 Å². The molecular formula is C26H25N3O6S. The topological polar surface area (TPSA) is 145 Å². The number of thioether (sulfide) groups is 1. The molecule has 2 aromatic carbocycles. The Kier molecular flexibility index (Phi) is 7.88. The molecule has 1 aliphatic heterocycles. The van der Waals surface area contributed by atoms with E-state index in [0.717, 1.165) is 11.8 Å². The summed E-state index contributed by atoms with van der Waals surface area (Å²) in [7, 11) is 1.54. The van der Waals surface area contributed by atoms with Crippen LogP contribution in [0.3, 0.4) is 0 Å². The standard InChI is InChI=1S/C26H25N3O6S/c1-14-20(24(33)29-16-6-4-3-5-7-16)21(15-8-10-17(34-2)11-9-15)18(12-27)25(28-14)36-26-23(32)22(31)19(30)13-35-26/h3-11,19,22-23,26,30-32H,13H2,1-2H3,(H,29,33)/t19-,22-,23+,26-/m0/s1. The third-order valence-electron chi connectivity index (χ3n) is 5.78. The molecule has 1 aliphatic rings. The van der Waals surface area contributed by atoms with E-state index in [-0.39, 0.29) is 22.8 Å². The summed E-state index contributed by atoms with van der Waals surface area (Å²) < 4.78 is 10.8. The highest BCUT2D eigenvalue weighted by Gasteiger charge is 2.39. The van der Waals surface area contributed by atoms with Crippen molar-refractivity contribution in [3.05, 3.63) is 71.4 Å². The normalized spacial score (nSPS) is 21.4. The van der Waals surface area contributed by atoms with E-state index in [9.17, 15) is 25.4 Å². The Bertz CT molecular complexity index is 1280. The summed E-state index contributed by atoms with van der Waals surface area (Å²) in [6.45, 7) is 1.48. The van der Waals surface area contributed by atoms with E-state index in [1.807, 2.05) is 6.07 Å². The number of hydrogen-bond donors (Lipinski definition) is 4. The third-order valence-corrected chi connectivity index (χ3v) is 6.94. The molecule has 1 aromatic heterocycles. The number of amides is 1. The van der Waals surface area contributed by atoms with Crippen molar-refractivity contribution in [2.45, 2.75) is 35.7 Å². The Balaban J connectivity index is 1.82. The van der Waals surface area contributed by atoms with Gasteiger partial charge in [-0.1, -0.05) is 42.1 Å². The summed E-state index contributed by atoms with van der Waals surface area (Å²) in [6, 6.07) is 18.0. The Morgan fingerprint density at radius 3 is 2.47 bits per heavy atom. The van der Waals surface area contributed by atoms with Gasteiger partial charge in [0.25, 0.3) is 5.91 Å². The lowest BCUT2D eigenvalue weighted by Gasteiger charge is -2.34. The molecule has 4 atom stereocenters. The van der Waals surface area contributed by atoms with Crippen LogP contribution in [-0.4, -0.2) is 63.7 Å². The van der Waals surface area contributed by atoms with Crippen LogP contribution in [0.1, 0.15) is 21.6 Å². The highest BCUT2D eigenvalue weighted by Crippen LogP contribution is 2.39. The van der Waals surface area contributed by atoms with Gasteiger partial charge in [-0.3, -0.25) is 4.79 Å². The molecule has 1 fully saturated rings. The molecule has 0 radical (unpaired) electrons. The first-order valence-electron chi connectivity index (χ1n) is 11.1. The molecule has 0 unspecified atom stereocenters. The van der Waals surface area contributed by atoms with Crippen LogP contribution in [0.2, 0.25) is 0 Å². The van der Waals surface area contributed by atoms with Gasteiger partial charge in [0, 0.05) is 11.3 Å². The van der Waals surface area contributed by atoms with Crippen LogP contribution in [0.4, 0.5) is 5.69 Å². The molecule has 0 spiro atoms. The van der Waals surface area contributed by atoms with Crippen LogP contribution in [0.5, 0.6) is 5.75 Å². The molecule has 0 saturated carbocycles. The number of nitriles is 1. The first-order valence-corrected chi connectivity index (χ1v) is 12.0. The third kappa shape index (κ3) is 5.21. The number of aliphatic hydroxyl groups excluding tert-OH is 3. The molecule has 2 heterocycles. The van der Waals surface area contributed by atoms with Gasteiger partial charge in [-0.2, -0.15) is 5.26 Å². The molecule has 1 saturated heterocycles. The maximum Gasteiger partial charge on any atom is 0.258 e. The predicted octanol–water partition coefficient (Wildman–Crippen LogP) is 2.72. The van der Waals surface area contributed by atoms with Crippen molar-refractivity contribution in [1.29, 1.82) is 5.26 Å². The lowest BCUT2D eigenvalue weighted by molar-refractivity contribution is -0.161. The number of aryl methyl sites for hydroxylation is 1. The Morgan fingerprint density at radius 1 is 1.14 bits per heavy atom. The van der Waals surface area contributed by atoms with E-state index < -0.39 is 29.7 Å².